The van der Waals surface area contributed by atoms with Gasteiger partial charge in [0.1, 0.15) is 11.8 Å². The van der Waals surface area contributed by atoms with E-state index >= 15 is 0 Å². The van der Waals surface area contributed by atoms with Crippen molar-refractivity contribution in [1.82, 2.24) is 5.32 Å². The van der Waals surface area contributed by atoms with Crippen LogP contribution in [-0.4, -0.2) is 29.6 Å². The summed E-state index contributed by atoms with van der Waals surface area (Å²) >= 11 is 0. The number of carbonyl (C=O) groups excluding carboxylic acids is 1. The molecule has 1 saturated carbocycles. The molecule has 1 atom stereocenters. The summed E-state index contributed by atoms with van der Waals surface area (Å²) in [5.74, 6) is 0.0410. The van der Waals surface area contributed by atoms with Crippen molar-refractivity contribution in [2.24, 2.45) is 5.92 Å². The molecule has 1 unspecified atom stereocenters. The average Bonchev–Trinajstić information content (AvgIpc) is 3.29. The van der Waals surface area contributed by atoms with Crippen molar-refractivity contribution >= 4 is 11.9 Å². The van der Waals surface area contributed by atoms with Crippen LogP contribution in [0.2, 0.25) is 0 Å². The summed E-state index contributed by atoms with van der Waals surface area (Å²) in [6.07, 6.45) is 3.58. The number of aliphatic carboxylic acids is 1. The molecule has 1 aromatic rings. The molecular formula is C16H21NO4. The molecule has 1 amide bonds. The smallest absolute Gasteiger partial charge is 0.326 e. The van der Waals surface area contributed by atoms with Crippen LogP contribution in [0.3, 0.4) is 0 Å². The van der Waals surface area contributed by atoms with Gasteiger partial charge in [0.2, 0.25) is 0 Å². The third-order valence-corrected chi connectivity index (χ3v) is 3.48. The van der Waals surface area contributed by atoms with Crippen LogP contribution >= 0.6 is 0 Å². The Balaban J connectivity index is 1.90. The zero-order chi connectivity index (χ0) is 15.2. The Kier molecular flexibility index (Phi) is 5.20. The molecule has 114 valence electrons. The maximum atomic E-state index is 12.0. The summed E-state index contributed by atoms with van der Waals surface area (Å²) in [5.41, 5.74) is 0.441. The minimum atomic E-state index is -1.01. The van der Waals surface area contributed by atoms with Crippen LogP contribution in [0.1, 0.15) is 43.0 Å². The lowest BCUT2D eigenvalue weighted by atomic mass is 10.1. The Bertz CT molecular complexity index is 494. The van der Waals surface area contributed by atoms with Gasteiger partial charge < -0.3 is 15.2 Å². The Labute approximate surface area is 124 Å². The SMILES string of the molecule is CCCC(NC(=O)c1ccc(OCC2CC2)cc1)C(=O)O. The third kappa shape index (κ3) is 4.77. The molecular weight excluding hydrogens is 270 g/mol. The van der Waals surface area contributed by atoms with Gasteiger partial charge in [-0.25, -0.2) is 4.79 Å². The van der Waals surface area contributed by atoms with E-state index < -0.39 is 12.0 Å². The Morgan fingerprint density at radius 1 is 1.33 bits per heavy atom. The van der Waals surface area contributed by atoms with Gasteiger partial charge in [0.15, 0.2) is 0 Å². The van der Waals surface area contributed by atoms with Gasteiger partial charge >= 0.3 is 5.97 Å². The number of carbonyl (C=O) groups is 2. The molecule has 0 spiro atoms. The van der Waals surface area contributed by atoms with Crippen LogP contribution in [0, 0.1) is 5.92 Å². The lowest BCUT2D eigenvalue weighted by Gasteiger charge is -2.13. The van der Waals surface area contributed by atoms with Crippen molar-refractivity contribution in [1.29, 1.82) is 0 Å². The predicted octanol–water partition coefficient (Wildman–Crippen LogP) is 2.46. The van der Waals surface area contributed by atoms with E-state index in [0.29, 0.717) is 24.3 Å². The first-order chi connectivity index (χ1) is 10.1. The number of hydrogen-bond donors (Lipinski definition) is 2. The molecule has 21 heavy (non-hydrogen) atoms. The van der Waals surface area contributed by atoms with Crippen molar-refractivity contribution in [3.8, 4) is 5.75 Å². The molecule has 1 aliphatic rings. The van der Waals surface area contributed by atoms with Crippen LogP contribution < -0.4 is 10.1 Å². The van der Waals surface area contributed by atoms with Crippen LogP contribution in [0.15, 0.2) is 24.3 Å². The summed E-state index contributed by atoms with van der Waals surface area (Å²) in [6.45, 7) is 2.61. The number of rotatable bonds is 8. The average molecular weight is 291 g/mol. The van der Waals surface area contributed by atoms with Gasteiger partial charge in [0.25, 0.3) is 5.91 Å². The number of amides is 1. The maximum Gasteiger partial charge on any atom is 0.326 e. The Hall–Kier alpha value is -2.04. The van der Waals surface area contributed by atoms with Crippen LogP contribution in [-0.2, 0) is 4.79 Å². The number of carboxylic acids is 1. The summed E-state index contributed by atoms with van der Waals surface area (Å²) in [7, 11) is 0. The highest BCUT2D eigenvalue weighted by Gasteiger charge is 2.22. The van der Waals surface area contributed by atoms with Crippen molar-refractivity contribution < 1.29 is 19.4 Å². The van der Waals surface area contributed by atoms with E-state index in [-0.39, 0.29) is 5.91 Å². The summed E-state index contributed by atoms with van der Waals surface area (Å²) in [6, 6.07) is 5.96. The molecule has 1 aromatic carbocycles. The summed E-state index contributed by atoms with van der Waals surface area (Å²) in [5, 5.41) is 11.6. The lowest BCUT2D eigenvalue weighted by molar-refractivity contribution is -0.139. The quantitative estimate of drug-likeness (QED) is 0.771. The molecule has 0 bridgehead atoms. The highest BCUT2D eigenvalue weighted by atomic mass is 16.5. The number of hydrogen-bond acceptors (Lipinski definition) is 3. The Morgan fingerprint density at radius 2 is 2.00 bits per heavy atom. The topological polar surface area (TPSA) is 75.6 Å². The number of carboxylic acid groups (broad SMARTS) is 1. The van der Waals surface area contributed by atoms with Crippen LogP contribution in [0.25, 0.3) is 0 Å². The zero-order valence-electron chi connectivity index (χ0n) is 12.2. The van der Waals surface area contributed by atoms with Gasteiger partial charge in [-0.15, -0.1) is 0 Å². The molecule has 0 aromatic heterocycles. The summed E-state index contributed by atoms with van der Waals surface area (Å²) in [4.78, 5) is 23.0. The maximum absolute atomic E-state index is 12.0. The monoisotopic (exact) mass is 291 g/mol. The third-order valence-electron chi connectivity index (χ3n) is 3.48. The van der Waals surface area contributed by atoms with Crippen LogP contribution in [0.4, 0.5) is 0 Å². The van der Waals surface area contributed by atoms with Crippen LogP contribution in [0.5, 0.6) is 5.75 Å². The molecule has 0 aliphatic heterocycles. The minimum Gasteiger partial charge on any atom is -0.493 e. The van der Waals surface area contributed by atoms with E-state index in [1.54, 1.807) is 24.3 Å². The first-order valence-corrected chi connectivity index (χ1v) is 7.36. The number of nitrogens with one attached hydrogen (secondary N) is 1. The molecule has 0 radical (unpaired) electrons. The molecule has 1 aliphatic carbocycles. The fourth-order valence-electron chi connectivity index (χ4n) is 1.99. The second-order valence-electron chi connectivity index (χ2n) is 5.43. The first-order valence-electron chi connectivity index (χ1n) is 7.36. The van der Waals surface area contributed by atoms with E-state index in [9.17, 15) is 9.59 Å². The molecule has 0 heterocycles. The van der Waals surface area contributed by atoms with Gasteiger partial charge in [-0.3, -0.25) is 4.79 Å². The minimum absolute atomic E-state index is 0.371. The van der Waals surface area contributed by atoms with Gasteiger partial charge in [-0.2, -0.15) is 0 Å². The number of ether oxygens (including phenoxy) is 1. The van der Waals surface area contributed by atoms with Gasteiger partial charge in [0.05, 0.1) is 6.61 Å². The molecule has 5 heteroatoms. The molecule has 2 rings (SSSR count). The highest BCUT2D eigenvalue weighted by molar-refractivity contribution is 5.96. The van der Waals surface area contributed by atoms with Crippen molar-refractivity contribution in [3.63, 3.8) is 0 Å². The van der Waals surface area contributed by atoms with Gasteiger partial charge in [-0.05, 0) is 49.4 Å². The largest absolute Gasteiger partial charge is 0.493 e. The lowest BCUT2D eigenvalue weighted by Crippen LogP contribution is -2.40. The fraction of sp³-hybridized carbons (Fsp3) is 0.500. The van der Waals surface area contributed by atoms with Crippen molar-refractivity contribution in [3.05, 3.63) is 29.8 Å². The normalized spacial score (nSPS) is 15.3. The van der Waals surface area contributed by atoms with Gasteiger partial charge in [-0.1, -0.05) is 13.3 Å². The second-order valence-corrected chi connectivity index (χ2v) is 5.43. The summed E-state index contributed by atoms with van der Waals surface area (Å²) < 4.78 is 5.60. The van der Waals surface area contributed by atoms with Crippen molar-refractivity contribution in [2.75, 3.05) is 6.61 Å². The molecule has 2 N–H and O–H groups in total. The van der Waals surface area contributed by atoms with E-state index in [0.717, 1.165) is 12.4 Å². The first kappa shape index (κ1) is 15.4. The van der Waals surface area contributed by atoms with E-state index in [1.165, 1.54) is 12.8 Å². The van der Waals surface area contributed by atoms with Gasteiger partial charge in [0, 0.05) is 5.56 Å². The molecule has 1 fully saturated rings. The molecule has 5 nitrogen and oxygen atoms in total. The van der Waals surface area contributed by atoms with Crippen molar-refractivity contribution in [2.45, 2.75) is 38.6 Å². The highest BCUT2D eigenvalue weighted by Crippen LogP contribution is 2.29. The number of benzene rings is 1. The van der Waals surface area contributed by atoms with E-state index in [4.69, 9.17) is 9.84 Å². The molecule has 0 saturated heterocycles. The second kappa shape index (κ2) is 7.11. The zero-order valence-corrected chi connectivity index (χ0v) is 12.2. The Morgan fingerprint density at radius 3 is 2.52 bits per heavy atom. The van der Waals surface area contributed by atoms with E-state index in [2.05, 4.69) is 5.32 Å². The standard InChI is InChI=1S/C16H21NO4/c1-2-3-14(16(19)20)17-15(18)12-6-8-13(9-7-12)21-10-11-4-5-11/h6-9,11,14H,2-5,10H2,1H3,(H,17,18)(H,19,20). The fourth-order valence-corrected chi connectivity index (χ4v) is 1.99. The predicted molar refractivity (Wildman–Crippen MR) is 78.5 cm³/mol. The van der Waals surface area contributed by atoms with E-state index in [1.807, 2.05) is 6.92 Å².